The molecule has 1 saturated heterocycles. The van der Waals surface area contributed by atoms with Crippen molar-refractivity contribution < 1.29 is 31.2 Å². The molecule has 0 aromatic heterocycles. The van der Waals surface area contributed by atoms with E-state index >= 15 is 0 Å². The largest absolute Gasteiger partial charge is 0.416 e. The first kappa shape index (κ1) is 23.2. The van der Waals surface area contributed by atoms with Crippen molar-refractivity contribution >= 4 is 21.8 Å². The Morgan fingerprint density at radius 1 is 1.06 bits per heavy atom. The second-order valence-electron chi connectivity index (χ2n) is 8.07. The number of carbonyl (C=O) groups is 2. The minimum atomic E-state index is -4.43. The Hall–Kier alpha value is -2.92. The molecule has 176 valence electrons. The van der Waals surface area contributed by atoms with Crippen molar-refractivity contribution in [2.24, 2.45) is 0 Å². The highest BCUT2D eigenvalue weighted by Crippen LogP contribution is 2.32. The third-order valence-corrected chi connectivity index (χ3v) is 7.48. The van der Waals surface area contributed by atoms with E-state index in [0.717, 1.165) is 29.3 Å². The molecule has 2 fully saturated rings. The van der Waals surface area contributed by atoms with Gasteiger partial charge in [0.05, 0.1) is 17.0 Å². The lowest BCUT2D eigenvalue weighted by Gasteiger charge is -2.26. The number of rotatable bonds is 6. The lowest BCUT2D eigenvalue weighted by atomic mass is 10.1. The number of piperazine rings is 1. The summed E-state index contributed by atoms with van der Waals surface area (Å²) in [5.74, 6) is -0.696. The Labute approximate surface area is 189 Å². The number of nitrogens with one attached hydrogen (secondary N) is 1. The fourth-order valence-corrected chi connectivity index (χ4v) is 5.05. The number of hydrogen-bond donors (Lipinski definition) is 1. The van der Waals surface area contributed by atoms with Gasteiger partial charge in [0.1, 0.15) is 0 Å². The molecule has 2 aliphatic rings. The van der Waals surface area contributed by atoms with Crippen molar-refractivity contribution in [1.29, 1.82) is 0 Å². The van der Waals surface area contributed by atoms with Gasteiger partial charge in [-0.15, -0.1) is 0 Å². The second kappa shape index (κ2) is 8.79. The average Bonchev–Trinajstić information content (AvgIpc) is 3.62. The van der Waals surface area contributed by atoms with E-state index in [9.17, 15) is 31.2 Å². The van der Waals surface area contributed by atoms with E-state index in [4.69, 9.17) is 0 Å². The Morgan fingerprint density at radius 3 is 2.24 bits per heavy atom. The highest BCUT2D eigenvalue weighted by atomic mass is 32.2. The Morgan fingerprint density at radius 2 is 1.70 bits per heavy atom. The number of sulfonamides is 1. The minimum absolute atomic E-state index is 0.00457. The summed E-state index contributed by atoms with van der Waals surface area (Å²) in [6.45, 7) is 0.294. The number of alkyl halides is 3. The SMILES string of the molecule is O=C1CN(S(=O)(=O)c2ccc(C(=O)N(Cc3ccc(C(F)(F)F)cc3)C3CC3)cc2)CCN1. The molecule has 0 spiro atoms. The van der Waals surface area contributed by atoms with Gasteiger partial charge in [-0.1, -0.05) is 12.1 Å². The first-order valence-corrected chi connectivity index (χ1v) is 11.8. The summed E-state index contributed by atoms with van der Waals surface area (Å²) in [4.78, 5) is 26.2. The summed E-state index contributed by atoms with van der Waals surface area (Å²) >= 11 is 0. The van der Waals surface area contributed by atoms with Gasteiger partial charge < -0.3 is 10.2 Å². The first-order chi connectivity index (χ1) is 15.6. The third kappa shape index (κ3) is 5.19. The van der Waals surface area contributed by atoms with Crippen molar-refractivity contribution in [3.8, 4) is 0 Å². The van der Waals surface area contributed by atoms with Crippen molar-refractivity contribution in [2.45, 2.75) is 36.5 Å². The van der Waals surface area contributed by atoms with Gasteiger partial charge in [0.25, 0.3) is 5.91 Å². The molecule has 1 saturated carbocycles. The normalized spacial score (nSPS) is 17.5. The molecule has 33 heavy (non-hydrogen) atoms. The van der Waals surface area contributed by atoms with Crippen LogP contribution in [0.3, 0.4) is 0 Å². The fourth-order valence-electron chi connectivity index (χ4n) is 3.65. The van der Waals surface area contributed by atoms with Gasteiger partial charge in [0.15, 0.2) is 0 Å². The van der Waals surface area contributed by atoms with Crippen molar-refractivity contribution in [2.75, 3.05) is 19.6 Å². The third-order valence-electron chi connectivity index (χ3n) is 5.63. The summed E-state index contributed by atoms with van der Waals surface area (Å²) in [7, 11) is -3.87. The van der Waals surface area contributed by atoms with Crippen LogP contribution in [-0.4, -0.2) is 55.1 Å². The fraction of sp³-hybridized carbons (Fsp3) is 0.364. The molecule has 11 heteroatoms. The standard InChI is InChI=1S/C22H22F3N3O4S/c23-22(24,25)17-5-1-15(2-6-17)13-28(18-7-8-18)21(30)16-3-9-19(10-4-16)33(31,32)27-12-11-26-20(29)14-27/h1-6,9-10,18H,7-8,11-14H2,(H,26,29). The molecule has 4 rings (SSSR count). The molecule has 2 aromatic rings. The van der Waals surface area contributed by atoms with E-state index in [1.807, 2.05) is 0 Å². The lowest BCUT2D eigenvalue weighted by Crippen LogP contribution is -2.49. The lowest BCUT2D eigenvalue weighted by molar-refractivity contribution is -0.137. The van der Waals surface area contributed by atoms with E-state index in [1.54, 1.807) is 4.90 Å². The van der Waals surface area contributed by atoms with E-state index in [1.165, 1.54) is 36.4 Å². The van der Waals surface area contributed by atoms with Crippen LogP contribution in [0.2, 0.25) is 0 Å². The molecule has 1 aliphatic heterocycles. The Balaban J connectivity index is 1.49. The van der Waals surface area contributed by atoms with Crippen molar-refractivity contribution in [1.82, 2.24) is 14.5 Å². The molecule has 0 atom stereocenters. The van der Waals surface area contributed by atoms with Gasteiger partial charge >= 0.3 is 6.18 Å². The van der Waals surface area contributed by atoms with E-state index in [2.05, 4.69) is 5.32 Å². The van der Waals surface area contributed by atoms with Crippen molar-refractivity contribution in [3.05, 3.63) is 65.2 Å². The van der Waals surface area contributed by atoms with Crippen LogP contribution in [0, 0.1) is 0 Å². The predicted molar refractivity (Wildman–Crippen MR) is 113 cm³/mol. The van der Waals surface area contributed by atoms with Crippen LogP contribution in [0.4, 0.5) is 13.2 Å². The zero-order chi connectivity index (χ0) is 23.8. The van der Waals surface area contributed by atoms with Gasteiger partial charge in [-0.05, 0) is 54.8 Å². The van der Waals surface area contributed by atoms with Gasteiger partial charge in [0.2, 0.25) is 15.9 Å². The number of carbonyl (C=O) groups excluding carboxylic acids is 2. The summed E-state index contributed by atoms with van der Waals surface area (Å²) < 4.78 is 65.0. The molecular formula is C22H22F3N3O4S. The molecule has 2 aromatic carbocycles. The van der Waals surface area contributed by atoms with Crippen LogP contribution in [0.1, 0.15) is 34.3 Å². The van der Waals surface area contributed by atoms with Crippen molar-refractivity contribution in [3.63, 3.8) is 0 Å². The van der Waals surface area contributed by atoms with E-state index in [-0.39, 0.29) is 54.5 Å². The molecular weight excluding hydrogens is 459 g/mol. The van der Waals surface area contributed by atoms with Crippen LogP contribution < -0.4 is 5.32 Å². The summed E-state index contributed by atoms with van der Waals surface area (Å²) in [5.41, 5.74) is 0.105. The smallest absolute Gasteiger partial charge is 0.354 e. The Kier molecular flexibility index (Phi) is 6.19. The molecule has 0 unspecified atom stereocenters. The summed E-state index contributed by atoms with van der Waals surface area (Å²) in [6, 6.07) is 10.2. The maximum Gasteiger partial charge on any atom is 0.416 e. The number of halogens is 3. The van der Waals surface area contributed by atoms with Crippen LogP contribution in [0.25, 0.3) is 0 Å². The monoisotopic (exact) mass is 481 g/mol. The summed E-state index contributed by atoms with van der Waals surface area (Å²) in [5, 5.41) is 2.57. The number of hydrogen-bond acceptors (Lipinski definition) is 4. The number of benzene rings is 2. The second-order valence-corrected chi connectivity index (χ2v) is 10.0. The first-order valence-electron chi connectivity index (χ1n) is 10.4. The number of nitrogens with zero attached hydrogens (tertiary/aromatic N) is 2. The van der Waals surface area contributed by atoms with Gasteiger partial charge in [0, 0.05) is 31.2 Å². The molecule has 2 amide bonds. The van der Waals surface area contributed by atoms with Crippen LogP contribution in [0.15, 0.2) is 53.4 Å². The molecule has 1 N–H and O–H groups in total. The van der Waals surface area contributed by atoms with Crippen LogP contribution >= 0.6 is 0 Å². The highest BCUT2D eigenvalue weighted by Gasteiger charge is 2.34. The van der Waals surface area contributed by atoms with Gasteiger partial charge in [-0.2, -0.15) is 17.5 Å². The zero-order valence-corrected chi connectivity index (χ0v) is 18.3. The molecule has 0 bridgehead atoms. The maximum atomic E-state index is 13.1. The van der Waals surface area contributed by atoms with Gasteiger partial charge in [-0.3, -0.25) is 9.59 Å². The van der Waals surface area contributed by atoms with E-state index < -0.39 is 21.8 Å². The van der Waals surface area contributed by atoms with Crippen LogP contribution in [-0.2, 0) is 27.5 Å². The van der Waals surface area contributed by atoms with E-state index in [0.29, 0.717) is 5.56 Å². The minimum Gasteiger partial charge on any atom is -0.354 e. The molecule has 7 nitrogen and oxygen atoms in total. The highest BCUT2D eigenvalue weighted by molar-refractivity contribution is 7.89. The Bertz CT molecular complexity index is 1140. The topological polar surface area (TPSA) is 86.8 Å². The zero-order valence-electron chi connectivity index (χ0n) is 17.5. The molecule has 1 aliphatic carbocycles. The molecule has 1 heterocycles. The molecule has 0 radical (unpaired) electrons. The summed E-state index contributed by atoms with van der Waals surface area (Å²) in [6.07, 6.45) is -2.82. The quantitative estimate of drug-likeness (QED) is 0.687. The van der Waals surface area contributed by atoms with Gasteiger partial charge in [-0.25, -0.2) is 8.42 Å². The van der Waals surface area contributed by atoms with Crippen LogP contribution in [0.5, 0.6) is 0 Å². The predicted octanol–water partition coefficient (Wildman–Crippen LogP) is 2.63. The average molecular weight is 481 g/mol. The maximum absolute atomic E-state index is 13.1. The number of amides is 2.